The minimum Gasteiger partial charge on any atom is -0.489 e. The minimum absolute atomic E-state index is 0. The van der Waals surface area contributed by atoms with E-state index in [-0.39, 0.29) is 18.3 Å². The largest absolute Gasteiger partial charge is 0.489 e. The highest BCUT2D eigenvalue weighted by Gasteiger charge is 2.36. The van der Waals surface area contributed by atoms with Gasteiger partial charge in [0.1, 0.15) is 12.4 Å². The molecule has 1 fully saturated rings. The summed E-state index contributed by atoms with van der Waals surface area (Å²) < 4.78 is 5.88. The van der Waals surface area contributed by atoms with Crippen LogP contribution in [0.4, 0.5) is 0 Å². The highest BCUT2D eigenvalue weighted by atomic mass is 35.5. The molecular weight excluding hydrogens is 408 g/mol. The molecule has 5 heteroatoms. The number of hydrogen-bond donors (Lipinski definition) is 0. The molecule has 0 atom stereocenters. The first-order chi connectivity index (χ1) is 14.8. The number of carbonyl (C=O) groups excluding carboxylic acids is 1. The number of halogens is 1. The predicted octanol–water partition coefficient (Wildman–Crippen LogP) is 4.57. The Kier molecular flexibility index (Phi) is 6.59. The van der Waals surface area contributed by atoms with Crippen molar-refractivity contribution in [1.82, 2.24) is 9.80 Å². The number of nitrogens with zero attached hydrogens (tertiary/aromatic N) is 2. The van der Waals surface area contributed by atoms with Crippen molar-refractivity contribution in [2.45, 2.75) is 25.6 Å². The van der Waals surface area contributed by atoms with Crippen molar-refractivity contribution in [1.29, 1.82) is 0 Å². The van der Waals surface area contributed by atoms with Crippen LogP contribution in [0.15, 0.2) is 78.9 Å². The number of ether oxygens (including phenoxy) is 1. The molecule has 0 N–H and O–H groups in total. The number of benzene rings is 3. The quantitative estimate of drug-likeness (QED) is 0.589. The first kappa shape index (κ1) is 21.4. The molecule has 3 aromatic carbocycles. The lowest BCUT2D eigenvalue weighted by molar-refractivity contribution is 0.0218. The van der Waals surface area contributed by atoms with E-state index in [0.717, 1.165) is 43.9 Å². The molecule has 0 saturated carbocycles. The van der Waals surface area contributed by atoms with E-state index in [2.05, 4.69) is 29.2 Å². The zero-order valence-corrected chi connectivity index (χ0v) is 18.3. The maximum atomic E-state index is 12.9. The first-order valence-corrected chi connectivity index (χ1v) is 10.6. The number of carbonyl (C=O) groups is 1. The molecule has 4 nitrogen and oxygen atoms in total. The number of rotatable bonds is 5. The van der Waals surface area contributed by atoms with Gasteiger partial charge >= 0.3 is 0 Å². The molecule has 2 heterocycles. The van der Waals surface area contributed by atoms with Crippen molar-refractivity contribution < 1.29 is 9.53 Å². The highest BCUT2D eigenvalue weighted by Crippen LogP contribution is 2.26. The van der Waals surface area contributed by atoms with Crippen LogP contribution >= 0.6 is 12.4 Å². The maximum Gasteiger partial charge on any atom is 0.254 e. The SMILES string of the molecule is Cl.O=C(c1cccc(OCc2ccccc2)c1)N1CC(N2CCc3ccccc3C2)C1. The third-order valence-corrected chi connectivity index (χ3v) is 6.16. The predicted molar refractivity (Wildman–Crippen MR) is 125 cm³/mol. The Morgan fingerprint density at radius 2 is 1.65 bits per heavy atom. The summed E-state index contributed by atoms with van der Waals surface area (Å²) in [5.74, 6) is 0.822. The average molecular weight is 435 g/mol. The fourth-order valence-electron chi connectivity index (χ4n) is 4.32. The lowest BCUT2D eigenvalue weighted by Crippen LogP contribution is -2.61. The summed E-state index contributed by atoms with van der Waals surface area (Å²) in [6, 6.07) is 26.8. The van der Waals surface area contributed by atoms with Gasteiger partial charge in [-0.2, -0.15) is 0 Å². The summed E-state index contributed by atoms with van der Waals surface area (Å²) in [4.78, 5) is 17.4. The van der Waals surface area contributed by atoms with Crippen LogP contribution in [-0.2, 0) is 19.6 Å². The van der Waals surface area contributed by atoms with Crippen molar-refractivity contribution in [3.63, 3.8) is 0 Å². The van der Waals surface area contributed by atoms with Crippen molar-refractivity contribution >= 4 is 18.3 Å². The average Bonchev–Trinajstić information content (AvgIpc) is 2.77. The smallest absolute Gasteiger partial charge is 0.254 e. The van der Waals surface area contributed by atoms with Crippen LogP contribution in [-0.4, -0.2) is 41.4 Å². The van der Waals surface area contributed by atoms with Crippen molar-refractivity contribution in [2.24, 2.45) is 0 Å². The highest BCUT2D eigenvalue weighted by molar-refractivity contribution is 5.95. The van der Waals surface area contributed by atoms with E-state index in [1.54, 1.807) is 0 Å². The zero-order chi connectivity index (χ0) is 20.3. The Hall–Kier alpha value is -2.82. The van der Waals surface area contributed by atoms with Crippen LogP contribution in [0.25, 0.3) is 0 Å². The van der Waals surface area contributed by atoms with E-state index in [4.69, 9.17) is 4.74 Å². The molecule has 2 aliphatic rings. The summed E-state index contributed by atoms with van der Waals surface area (Å²) in [6.07, 6.45) is 1.10. The second-order valence-corrected chi connectivity index (χ2v) is 8.16. The fraction of sp³-hybridized carbons (Fsp3) is 0.269. The molecule has 0 aromatic heterocycles. The van der Waals surface area contributed by atoms with Crippen molar-refractivity contribution in [3.05, 3.63) is 101 Å². The van der Waals surface area contributed by atoms with Gasteiger partial charge in [-0.15, -0.1) is 12.4 Å². The zero-order valence-electron chi connectivity index (χ0n) is 17.4. The molecule has 31 heavy (non-hydrogen) atoms. The molecule has 0 bridgehead atoms. The van der Waals surface area contributed by atoms with Crippen LogP contribution in [0.2, 0.25) is 0 Å². The fourth-order valence-corrected chi connectivity index (χ4v) is 4.32. The molecule has 5 rings (SSSR count). The van der Waals surface area contributed by atoms with Gasteiger partial charge in [-0.05, 0) is 41.3 Å². The van der Waals surface area contributed by atoms with Gasteiger partial charge in [0.2, 0.25) is 0 Å². The van der Waals surface area contributed by atoms with E-state index in [1.807, 2.05) is 59.5 Å². The minimum atomic E-state index is 0. The number of likely N-dealkylation sites (tertiary alicyclic amines) is 1. The third kappa shape index (κ3) is 4.76. The maximum absolute atomic E-state index is 12.9. The van der Waals surface area contributed by atoms with Crippen molar-refractivity contribution in [2.75, 3.05) is 19.6 Å². The Bertz CT molecular complexity index is 1030. The molecule has 0 radical (unpaired) electrons. The molecule has 160 valence electrons. The Morgan fingerprint density at radius 1 is 0.903 bits per heavy atom. The molecule has 1 saturated heterocycles. The molecule has 0 spiro atoms. The number of fused-ring (bicyclic) bond motifs is 1. The van der Waals surface area contributed by atoms with E-state index < -0.39 is 0 Å². The Balaban J connectivity index is 0.00000231. The summed E-state index contributed by atoms with van der Waals surface area (Å²) in [6.45, 7) is 4.17. The number of amides is 1. The standard InChI is InChI=1S/C26H26N2O2.ClH/c29-26(22-11-6-12-25(15-22)30-19-20-7-2-1-3-8-20)28-17-24(18-28)27-14-13-21-9-4-5-10-23(21)16-27;/h1-12,15,24H,13-14,16-19H2;1H. The topological polar surface area (TPSA) is 32.8 Å². The van der Waals surface area contributed by atoms with Crippen molar-refractivity contribution in [3.8, 4) is 5.75 Å². The summed E-state index contributed by atoms with van der Waals surface area (Å²) in [5, 5.41) is 0. The third-order valence-electron chi connectivity index (χ3n) is 6.16. The van der Waals surface area contributed by atoms with Crippen LogP contribution in [0.1, 0.15) is 27.0 Å². The van der Waals surface area contributed by atoms with Crippen LogP contribution in [0.3, 0.4) is 0 Å². The number of hydrogen-bond acceptors (Lipinski definition) is 3. The van der Waals surface area contributed by atoms with E-state index in [0.29, 0.717) is 18.2 Å². The van der Waals surface area contributed by atoms with E-state index in [9.17, 15) is 4.79 Å². The van der Waals surface area contributed by atoms with E-state index >= 15 is 0 Å². The van der Waals surface area contributed by atoms with Gasteiger partial charge in [0.05, 0.1) is 0 Å². The summed E-state index contributed by atoms with van der Waals surface area (Å²) in [7, 11) is 0. The van der Waals surface area contributed by atoms with Gasteiger partial charge < -0.3 is 9.64 Å². The summed E-state index contributed by atoms with van der Waals surface area (Å²) in [5.41, 5.74) is 4.70. The second-order valence-electron chi connectivity index (χ2n) is 8.16. The second kappa shape index (κ2) is 9.54. The molecule has 0 unspecified atom stereocenters. The van der Waals surface area contributed by atoms with E-state index in [1.165, 1.54) is 11.1 Å². The molecule has 2 aliphatic heterocycles. The van der Waals surface area contributed by atoms with Crippen LogP contribution in [0, 0.1) is 0 Å². The van der Waals surface area contributed by atoms with Gasteiger partial charge in [0.25, 0.3) is 5.91 Å². The summed E-state index contributed by atoms with van der Waals surface area (Å²) >= 11 is 0. The van der Waals surface area contributed by atoms with Gasteiger partial charge in [-0.3, -0.25) is 9.69 Å². The molecule has 3 aromatic rings. The lowest BCUT2D eigenvalue weighted by Gasteiger charge is -2.47. The van der Waals surface area contributed by atoms with Crippen LogP contribution in [0.5, 0.6) is 5.75 Å². The van der Waals surface area contributed by atoms with Gasteiger partial charge in [-0.25, -0.2) is 0 Å². The monoisotopic (exact) mass is 434 g/mol. The van der Waals surface area contributed by atoms with Gasteiger partial charge in [-0.1, -0.05) is 60.7 Å². The Morgan fingerprint density at radius 3 is 2.45 bits per heavy atom. The first-order valence-electron chi connectivity index (χ1n) is 10.6. The molecular formula is C26H27ClN2O2. The molecule has 0 aliphatic carbocycles. The van der Waals surface area contributed by atoms with Crippen LogP contribution < -0.4 is 4.74 Å². The normalized spacial score (nSPS) is 16.1. The van der Waals surface area contributed by atoms with Gasteiger partial charge in [0, 0.05) is 37.8 Å². The molecule has 1 amide bonds. The Labute approximate surface area is 189 Å². The lowest BCUT2D eigenvalue weighted by atomic mass is 9.96. The van der Waals surface area contributed by atoms with Gasteiger partial charge in [0.15, 0.2) is 0 Å².